The molecule has 3 aliphatic rings. The Balaban J connectivity index is 1.38. The zero-order valence-corrected chi connectivity index (χ0v) is 20.4. The van der Waals surface area contributed by atoms with Crippen LogP contribution in [-0.4, -0.2) is 37.8 Å². The third-order valence-electron chi connectivity index (χ3n) is 6.67. The summed E-state index contributed by atoms with van der Waals surface area (Å²) < 4.78 is 30.1. The van der Waals surface area contributed by atoms with Crippen LogP contribution in [0.15, 0.2) is 36.4 Å². The first-order valence-corrected chi connectivity index (χ1v) is 12.4. The van der Waals surface area contributed by atoms with Gasteiger partial charge in [0.05, 0.1) is 25.9 Å². The van der Waals surface area contributed by atoms with Crippen molar-refractivity contribution < 1.29 is 23.7 Å². The van der Waals surface area contributed by atoms with E-state index in [0.717, 1.165) is 30.6 Å². The molecule has 0 amide bonds. The number of hydrogen-bond acceptors (Lipinski definition) is 5. The van der Waals surface area contributed by atoms with Crippen molar-refractivity contribution >= 4 is 0 Å². The highest BCUT2D eigenvalue weighted by Gasteiger charge is 2.56. The van der Waals surface area contributed by atoms with Gasteiger partial charge >= 0.3 is 0 Å². The highest BCUT2D eigenvalue weighted by molar-refractivity contribution is 5.28. The number of hydrogen-bond donors (Lipinski definition) is 0. The average Bonchev–Trinajstić information content (AvgIpc) is 3.36. The lowest BCUT2D eigenvalue weighted by Gasteiger charge is -2.18. The first-order valence-electron chi connectivity index (χ1n) is 12.4. The molecule has 1 aromatic carbocycles. The standard InChI is InChI=1S/C28H38O5/c1-5-6-7-8-9-10-11-12-13-24-26(23-18-22(23)25-19-30-28(2,3)33-25)32-27(31-24)20-14-16-21(29-4)17-15-20/h12-17,22-27H,5-8,11,18-19H2,1-4H3/b13-12+/t22-,23-,24-,25-,26-,27?/m1/s1. The molecule has 2 saturated heterocycles. The zero-order valence-electron chi connectivity index (χ0n) is 20.4. The lowest BCUT2D eigenvalue weighted by molar-refractivity contribution is -0.141. The molecule has 0 radical (unpaired) electrons. The number of allylic oxidation sites excluding steroid dienone is 1. The second kappa shape index (κ2) is 11.1. The van der Waals surface area contributed by atoms with Gasteiger partial charge in [0.1, 0.15) is 11.9 Å². The Hall–Kier alpha value is -1.84. The molecule has 0 spiro atoms. The van der Waals surface area contributed by atoms with Crippen LogP contribution in [0.4, 0.5) is 0 Å². The summed E-state index contributed by atoms with van der Waals surface area (Å²) in [5, 5.41) is 0. The molecular weight excluding hydrogens is 416 g/mol. The van der Waals surface area contributed by atoms with Crippen molar-refractivity contribution in [2.24, 2.45) is 11.8 Å². The molecule has 180 valence electrons. The molecule has 4 rings (SSSR count). The summed E-state index contributed by atoms with van der Waals surface area (Å²) >= 11 is 0. The Morgan fingerprint density at radius 2 is 1.91 bits per heavy atom. The first kappa shape index (κ1) is 24.3. The van der Waals surface area contributed by atoms with Crippen molar-refractivity contribution in [3.63, 3.8) is 0 Å². The minimum absolute atomic E-state index is 0.00294. The summed E-state index contributed by atoms with van der Waals surface area (Å²) in [6, 6.07) is 7.91. The summed E-state index contributed by atoms with van der Waals surface area (Å²) in [5.41, 5.74) is 1.01. The molecule has 1 aliphatic carbocycles. The van der Waals surface area contributed by atoms with Gasteiger partial charge in [0, 0.05) is 18.4 Å². The minimum atomic E-state index is -0.494. The normalized spacial score (nSPS) is 32.6. The second-order valence-corrected chi connectivity index (χ2v) is 9.68. The van der Waals surface area contributed by atoms with E-state index in [9.17, 15) is 0 Å². The highest BCUT2D eigenvalue weighted by Crippen LogP contribution is 2.52. The third-order valence-corrected chi connectivity index (χ3v) is 6.67. The molecule has 1 saturated carbocycles. The van der Waals surface area contributed by atoms with Gasteiger partial charge in [-0.1, -0.05) is 50.0 Å². The lowest BCUT2D eigenvalue weighted by Crippen LogP contribution is -2.27. The van der Waals surface area contributed by atoms with E-state index in [1.54, 1.807) is 7.11 Å². The van der Waals surface area contributed by atoms with Crippen LogP contribution >= 0.6 is 0 Å². The number of ether oxygens (including phenoxy) is 5. The monoisotopic (exact) mass is 454 g/mol. The van der Waals surface area contributed by atoms with Crippen LogP contribution in [0.2, 0.25) is 0 Å². The molecule has 1 unspecified atom stereocenters. The molecule has 0 aromatic heterocycles. The summed E-state index contributed by atoms with van der Waals surface area (Å²) in [7, 11) is 1.67. The van der Waals surface area contributed by atoms with Crippen LogP contribution < -0.4 is 4.74 Å². The Morgan fingerprint density at radius 3 is 2.61 bits per heavy atom. The largest absolute Gasteiger partial charge is 0.497 e. The Labute approximate surface area is 198 Å². The molecule has 0 bridgehead atoms. The predicted molar refractivity (Wildman–Crippen MR) is 128 cm³/mol. The van der Waals surface area contributed by atoms with Gasteiger partial charge < -0.3 is 23.7 Å². The van der Waals surface area contributed by atoms with E-state index in [1.807, 2.05) is 38.1 Å². The fraction of sp³-hybridized carbons (Fsp3) is 0.643. The molecule has 5 heteroatoms. The van der Waals surface area contributed by atoms with Gasteiger partial charge in [0.2, 0.25) is 0 Å². The maximum absolute atomic E-state index is 6.48. The van der Waals surface area contributed by atoms with Gasteiger partial charge in [-0.2, -0.15) is 0 Å². The number of methoxy groups -OCH3 is 1. The smallest absolute Gasteiger partial charge is 0.185 e. The fourth-order valence-corrected chi connectivity index (χ4v) is 4.74. The maximum Gasteiger partial charge on any atom is 0.185 e. The van der Waals surface area contributed by atoms with E-state index in [4.69, 9.17) is 23.7 Å². The molecule has 3 fully saturated rings. The van der Waals surface area contributed by atoms with Crippen LogP contribution in [0.3, 0.4) is 0 Å². The number of unbranched alkanes of at least 4 members (excludes halogenated alkanes) is 3. The van der Waals surface area contributed by atoms with Crippen LogP contribution in [0.25, 0.3) is 0 Å². The maximum atomic E-state index is 6.48. The van der Waals surface area contributed by atoms with Crippen LogP contribution in [-0.2, 0) is 18.9 Å². The minimum Gasteiger partial charge on any atom is -0.497 e. The van der Waals surface area contributed by atoms with Crippen molar-refractivity contribution in [3.05, 3.63) is 42.0 Å². The van der Waals surface area contributed by atoms with Gasteiger partial charge in [-0.25, -0.2) is 0 Å². The first-order chi connectivity index (χ1) is 16.0. The Bertz CT molecular complexity index is 849. The van der Waals surface area contributed by atoms with E-state index in [2.05, 4.69) is 30.9 Å². The van der Waals surface area contributed by atoms with Gasteiger partial charge in [0.15, 0.2) is 12.1 Å². The summed E-state index contributed by atoms with van der Waals surface area (Å²) in [6.45, 7) is 6.83. The molecule has 1 aromatic rings. The fourth-order valence-electron chi connectivity index (χ4n) is 4.74. The quantitative estimate of drug-likeness (QED) is 0.268. The zero-order chi connectivity index (χ0) is 23.3. The van der Waals surface area contributed by atoms with E-state index < -0.39 is 5.79 Å². The van der Waals surface area contributed by atoms with Crippen molar-refractivity contribution in [2.75, 3.05) is 13.7 Å². The second-order valence-electron chi connectivity index (χ2n) is 9.68. The molecule has 6 atom stereocenters. The van der Waals surface area contributed by atoms with Crippen molar-refractivity contribution in [2.45, 2.75) is 89.7 Å². The molecule has 2 heterocycles. The summed E-state index contributed by atoms with van der Waals surface area (Å²) in [6.07, 6.45) is 10.4. The van der Waals surface area contributed by atoms with Gasteiger partial charge in [-0.15, -0.1) is 5.92 Å². The van der Waals surface area contributed by atoms with Crippen LogP contribution in [0, 0.1) is 23.7 Å². The van der Waals surface area contributed by atoms with Gasteiger partial charge in [-0.3, -0.25) is 0 Å². The SMILES string of the molecule is CCCCCC#CC/C=C/[C@H]1OC(c2ccc(OC)cc2)O[C@@H]1[C@@H]1C[C@H]1[C@H]1COC(C)(C)O1. The van der Waals surface area contributed by atoms with Crippen molar-refractivity contribution in [3.8, 4) is 17.6 Å². The molecule has 0 N–H and O–H groups in total. The molecule has 33 heavy (non-hydrogen) atoms. The van der Waals surface area contributed by atoms with Crippen molar-refractivity contribution in [1.29, 1.82) is 0 Å². The predicted octanol–water partition coefficient (Wildman–Crippen LogP) is 5.80. The van der Waals surface area contributed by atoms with E-state index in [-0.39, 0.29) is 24.6 Å². The lowest BCUT2D eigenvalue weighted by atomic mass is 10.0. The average molecular weight is 455 g/mol. The molecule has 2 aliphatic heterocycles. The van der Waals surface area contributed by atoms with E-state index >= 15 is 0 Å². The highest BCUT2D eigenvalue weighted by atomic mass is 16.7. The summed E-state index contributed by atoms with van der Waals surface area (Å²) in [4.78, 5) is 0. The molecule has 5 nitrogen and oxygen atoms in total. The number of rotatable bonds is 9. The van der Waals surface area contributed by atoms with E-state index in [1.165, 1.54) is 19.3 Å². The Morgan fingerprint density at radius 1 is 1.09 bits per heavy atom. The van der Waals surface area contributed by atoms with Crippen molar-refractivity contribution in [1.82, 2.24) is 0 Å². The van der Waals surface area contributed by atoms with Gasteiger partial charge in [0.25, 0.3) is 0 Å². The van der Waals surface area contributed by atoms with Crippen LogP contribution in [0.5, 0.6) is 5.75 Å². The Kier molecular flexibility index (Phi) is 8.14. The topological polar surface area (TPSA) is 46.2 Å². The summed E-state index contributed by atoms with van der Waals surface area (Å²) in [5.74, 6) is 7.72. The molecular formula is C28H38O5. The number of benzene rings is 1. The van der Waals surface area contributed by atoms with Gasteiger partial charge in [-0.05, 0) is 50.7 Å². The van der Waals surface area contributed by atoms with Crippen LogP contribution in [0.1, 0.15) is 71.1 Å². The third kappa shape index (κ3) is 6.39. The van der Waals surface area contributed by atoms with E-state index in [0.29, 0.717) is 18.4 Å².